The van der Waals surface area contributed by atoms with E-state index in [1.807, 2.05) is 13.8 Å². The Hall–Kier alpha value is -1.33. The van der Waals surface area contributed by atoms with Crippen molar-refractivity contribution in [3.8, 4) is 0 Å². The van der Waals surface area contributed by atoms with Crippen molar-refractivity contribution < 1.29 is 9.53 Å². The molecule has 2 rings (SSSR count). The van der Waals surface area contributed by atoms with Crippen molar-refractivity contribution in [2.75, 3.05) is 32.1 Å². The number of halogens is 1. The first-order valence-electron chi connectivity index (χ1n) is 6.20. The van der Waals surface area contributed by atoms with Crippen LogP contribution in [0.5, 0.6) is 0 Å². The second-order valence-corrected chi connectivity index (χ2v) is 5.54. The van der Waals surface area contributed by atoms with Crippen LogP contribution in [0, 0.1) is 0 Å². The second kappa shape index (κ2) is 5.35. The largest absolute Gasteiger partial charge is 0.373 e. The quantitative estimate of drug-likeness (QED) is 0.844. The summed E-state index contributed by atoms with van der Waals surface area (Å²) in [5, 5.41) is 3.20. The van der Waals surface area contributed by atoms with E-state index in [9.17, 15) is 4.79 Å². The molecular weight excluding hydrogens is 266 g/mol. The van der Waals surface area contributed by atoms with Gasteiger partial charge < -0.3 is 15.0 Å². The molecule has 0 aliphatic carbocycles. The van der Waals surface area contributed by atoms with Gasteiger partial charge in [-0.15, -0.1) is 0 Å². The van der Waals surface area contributed by atoms with Gasteiger partial charge in [0.1, 0.15) is 11.0 Å². The molecule has 104 valence electrons. The van der Waals surface area contributed by atoms with Gasteiger partial charge in [0.25, 0.3) is 5.91 Å². The van der Waals surface area contributed by atoms with Crippen molar-refractivity contribution in [3.05, 3.63) is 22.8 Å². The van der Waals surface area contributed by atoms with E-state index in [-0.39, 0.29) is 11.5 Å². The Labute approximate surface area is 117 Å². The van der Waals surface area contributed by atoms with Crippen LogP contribution < -0.4 is 5.32 Å². The van der Waals surface area contributed by atoms with E-state index in [4.69, 9.17) is 16.3 Å². The summed E-state index contributed by atoms with van der Waals surface area (Å²) in [7, 11) is 1.74. The highest BCUT2D eigenvalue weighted by Gasteiger charge is 2.30. The van der Waals surface area contributed by atoms with Crippen LogP contribution in [-0.4, -0.2) is 48.1 Å². The average Bonchev–Trinajstić information content (AvgIpc) is 2.35. The molecule has 1 aliphatic heterocycles. The van der Waals surface area contributed by atoms with Crippen LogP contribution in [0.1, 0.15) is 24.2 Å². The molecule has 1 N–H and O–H groups in total. The molecule has 0 aromatic carbocycles. The highest BCUT2D eigenvalue weighted by molar-refractivity contribution is 6.29. The van der Waals surface area contributed by atoms with Crippen molar-refractivity contribution in [2.24, 2.45) is 0 Å². The summed E-state index contributed by atoms with van der Waals surface area (Å²) in [5.74, 6) is 0.542. The molecule has 6 heteroatoms. The zero-order valence-electron chi connectivity index (χ0n) is 11.4. The molecule has 5 nitrogen and oxygen atoms in total. The molecule has 0 unspecified atom stereocenters. The van der Waals surface area contributed by atoms with Crippen LogP contribution in [0.4, 0.5) is 5.82 Å². The first-order valence-corrected chi connectivity index (χ1v) is 6.58. The smallest absolute Gasteiger partial charge is 0.254 e. The van der Waals surface area contributed by atoms with E-state index in [2.05, 4.69) is 10.3 Å². The summed E-state index contributed by atoms with van der Waals surface area (Å²) >= 11 is 5.92. The SMILES string of the molecule is CNc1cc(C(=O)N2CCOC(C)(C)C2)cc(Cl)n1. The minimum atomic E-state index is -0.309. The fourth-order valence-electron chi connectivity index (χ4n) is 2.12. The van der Waals surface area contributed by atoms with Crippen molar-refractivity contribution in [1.29, 1.82) is 0 Å². The lowest BCUT2D eigenvalue weighted by molar-refractivity contribution is -0.0764. The van der Waals surface area contributed by atoms with E-state index < -0.39 is 0 Å². The van der Waals surface area contributed by atoms with Crippen LogP contribution in [0.15, 0.2) is 12.1 Å². The third-order valence-electron chi connectivity index (χ3n) is 3.01. The Balaban J connectivity index is 2.21. The summed E-state index contributed by atoms with van der Waals surface area (Å²) in [5.41, 5.74) is 0.235. The summed E-state index contributed by atoms with van der Waals surface area (Å²) in [6.07, 6.45) is 0. The van der Waals surface area contributed by atoms with Gasteiger partial charge >= 0.3 is 0 Å². The van der Waals surface area contributed by atoms with E-state index in [0.29, 0.717) is 36.2 Å². The van der Waals surface area contributed by atoms with Crippen LogP contribution in [0.2, 0.25) is 5.15 Å². The lowest BCUT2D eigenvalue weighted by Gasteiger charge is -2.38. The number of rotatable bonds is 2. The van der Waals surface area contributed by atoms with Crippen LogP contribution >= 0.6 is 11.6 Å². The summed E-state index contributed by atoms with van der Waals surface area (Å²) in [6.45, 7) is 5.67. The first-order chi connectivity index (χ1) is 8.91. The van der Waals surface area contributed by atoms with Gasteiger partial charge in [-0.1, -0.05) is 11.6 Å². The van der Waals surface area contributed by atoms with Gasteiger partial charge in [0.2, 0.25) is 0 Å². The van der Waals surface area contributed by atoms with Crippen molar-refractivity contribution in [1.82, 2.24) is 9.88 Å². The van der Waals surface area contributed by atoms with Crippen LogP contribution in [0.25, 0.3) is 0 Å². The van der Waals surface area contributed by atoms with Crippen LogP contribution in [0.3, 0.4) is 0 Å². The average molecular weight is 284 g/mol. The molecule has 0 saturated carbocycles. The molecule has 1 aromatic rings. The molecule has 2 heterocycles. The number of nitrogens with zero attached hydrogens (tertiary/aromatic N) is 2. The maximum atomic E-state index is 12.5. The van der Waals surface area contributed by atoms with Gasteiger partial charge in [-0.05, 0) is 26.0 Å². The van der Waals surface area contributed by atoms with Gasteiger partial charge in [-0.25, -0.2) is 4.98 Å². The molecule has 0 bridgehead atoms. The zero-order valence-corrected chi connectivity index (χ0v) is 12.1. The molecule has 1 amide bonds. The van der Waals surface area contributed by atoms with Gasteiger partial charge in [-0.3, -0.25) is 4.79 Å². The zero-order chi connectivity index (χ0) is 14.0. The Morgan fingerprint density at radius 2 is 2.26 bits per heavy atom. The molecule has 19 heavy (non-hydrogen) atoms. The standard InChI is InChI=1S/C13H18ClN3O2/c1-13(2)8-17(4-5-19-13)12(18)9-6-10(14)16-11(7-9)15-3/h6-7H,4-5,8H2,1-3H3,(H,15,16). The number of hydrogen-bond acceptors (Lipinski definition) is 4. The number of carbonyl (C=O) groups excluding carboxylic acids is 1. The van der Waals surface area contributed by atoms with Crippen molar-refractivity contribution in [2.45, 2.75) is 19.4 Å². The fraction of sp³-hybridized carbons (Fsp3) is 0.538. The normalized spacial score (nSPS) is 18.2. The monoisotopic (exact) mass is 283 g/mol. The van der Waals surface area contributed by atoms with Crippen molar-refractivity contribution >= 4 is 23.3 Å². The number of carbonyl (C=O) groups is 1. The Morgan fingerprint density at radius 1 is 1.53 bits per heavy atom. The first kappa shape index (κ1) is 14.1. The highest BCUT2D eigenvalue weighted by atomic mass is 35.5. The van der Waals surface area contributed by atoms with Gasteiger partial charge in [0, 0.05) is 25.7 Å². The van der Waals surface area contributed by atoms with E-state index in [1.165, 1.54) is 0 Å². The topological polar surface area (TPSA) is 54.5 Å². The number of aromatic nitrogens is 1. The number of pyridine rings is 1. The molecular formula is C13H18ClN3O2. The third kappa shape index (κ3) is 3.36. The Bertz CT molecular complexity index is 491. The van der Waals surface area contributed by atoms with Crippen molar-refractivity contribution in [3.63, 3.8) is 0 Å². The molecule has 0 atom stereocenters. The maximum Gasteiger partial charge on any atom is 0.254 e. The van der Waals surface area contributed by atoms with Gasteiger partial charge in [-0.2, -0.15) is 0 Å². The number of anilines is 1. The predicted octanol–water partition coefficient (Wildman–Crippen LogP) is 2.03. The number of nitrogens with one attached hydrogen (secondary N) is 1. The maximum absolute atomic E-state index is 12.5. The number of morpholine rings is 1. The molecule has 0 spiro atoms. The molecule has 1 aromatic heterocycles. The second-order valence-electron chi connectivity index (χ2n) is 5.15. The lowest BCUT2D eigenvalue weighted by atomic mass is 10.1. The Kier molecular flexibility index (Phi) is 3.96. The van der Waals surface area contributed by atoms with Gasteiger partial charge in [0.15, 0.2) is 0 Å². The minimum absolute atomic E-state index is 0.0443. The van der Waals surface area contributed by atoms with E-state index in [1.54, 1.807) is 24.1 Å². The minimum Gasteiger partial charge on any atom is -0.373 e. The number of ether oxygens (including phenoxy) is 1. The molecule has 1 aliphatic rings. The third-order valence-corrected chi connectivity index (χ3v) is 3.20. The number of hydrogen-bond donors (Lipinski definition) is 1. The fourth-order valence-corrected chi connectivity index (χ4v) is 2.33. The van der Waals surface area contributed by atoms with Gasteiger partial charge in [0.05, 0.1) is 12.2 Å². The lowest BCUT2D eigenvalue weighted by Crippen LogP contribution is -2.50. The van der Waals surface area contributed by atoms with E-state index >= 15 is 0 Å². The summed E-state index contributed by atoms with van der Waals surface area (Å²) in [6, 6.07) is 3.30. The summed E-state index contributed by atoms with van der Waals surface area (Å²) < 4.78 is 5.61. The molecule has 0 radical (unpaired) electrons. The number of amides is 1. The highest BCUT2D eigenvalue weighted by Crippen LogP contribution is 2.21. The van der Waals surface area contributed by atoms with Crippen LogP contribution in [-0.2, 0) is 4.74 Å². The molecule has 1 fully saturated rings. The predicted molar refractivity (Wildman–Crippen MR) is 74.7 cm³/mol. The molecule has 1 saturated heterocycles. The summed E-state index contributed by atoms with van der Waals surface area (Å²) in [4.78, 5) is 18.3. The van der Waals surface area contributed by atoms with E-state index in [0.717, 1.165) is 0 Å². The Morgan fingerprint density at radius 3 is 2.89 bits per heavy atom.